The predicted octanol–water partition coefficient (Wildman–Crippen LogP) is 7.59. The molecule has 1 heterocycles. The Labute approximate surface area is 229 Å². The summed E-state index contributed by atoms with van der Waals surface area (Å²) in [6.45, 7) is 6.00. The van der Waals surface area contributed by atoms with E-state index >= 15 is 4.39 Å². The third-order valence-corrected chi connectivity index (χ3v) is 6.90. The minimum atomic E-state index is -4.84. The summed E-state index contributed by atoms with van der Waals surface area (Å²) in [6.07, 6.45) is -2.77. The molecule has 0 atom stereocenters. The molecule has 1 saturated heterocycles. The molecule has 4 rings (SSSR count). The summed E-state index contributed by atoms with van der Waals surface area (Å²) >= 11 is 5.93. The van der Waals surface area contributed by atoms with Crippen LogP contribution in [0.15, 0.2) is 30.3 Å². The number of esters is 1. The van der Waals surface area contributed by atoms with E-state index in [1.165, 1.54) is 18.2 Å². The average molecular weight is 576 g/mol. The van der Waals surface area contributed by atoms with E-state index < -0.39 is 35.2 Å². The number of carbonyl (C=O) groups is 1. The molecule has 0 radical (unpaired) electrons. The van der Waals surface area contributed by atoms with Gasteiger partial charge in [0.05, 0.1) is 10.6 Å². The van der Waals surface area contributed by atoms with Crippen LogP contribution < -0.4 is 9.47 Å². The molecule has 1 aliphatic carbocycles. The lowest BCUT2D eigenvalue weighted by Gasteiger charge is -2.36. The van der Waals surface area contributed by atoms with E-state index in [4.69, 9.17) is 21.1 Å². The van der Waals surface area contributed by atoms with E-state index in [0.29, 0.717) is 30.8 Å². The van der Waals surface area contributed by atoms with Crippen LogP contribution >= 0.6 is 11.6 Å². The number of carbonyl (C=O) groups excluding carboxylic acids is 1. The smallest absolute Gasteiger partial charge is 0.490 e. The number of hydrogen-bond donors (Lipinski definition) is 0. The SMILES string of the molecule is CC(C)(C)OC(=O)c1cc(C2CC2)c(OCC2(F)CCN(Cc3ccc(OC(F)(F)F)c(Cl)c3)CC2)cc1F. The van der Waals surface area contributed by atoms with Gasteiger partial charge in [-0.2, -0.15) is 0 Å². The van der Waals surface area contributed by atoms with Gasteiger partial charge in [0.25, 0.3) is 0 Å². The Balaban J connectivity index is 1.35. The van der Waals surface area contributed by atoms with Gasteiger partial charge >= 0.3 is 12.3 Å². The van der Waals surface area contributed by atoms with Gasteiger partial charge in [0.15, 0.2) is 0 Å². The molecule has 0 bridgehead atoms. The molecule has 0 amide bonds. The Bertz CT molecular complexity index is 1200. The summed E-state index contributed by atoms with van der Waals surface area (Å²) in [5.74, 6) is -1.66. The zero-order chi connectivity index (χ0) is 28.6. The summed E-state index contributed by atoms with van der Waals surface area (Å²) in [7, 11) is 0. The molecule has 2 fully saturated rings. The number of hydrogen-bond acceptors (Lipinski definition) is 5. The summed E-state index contributed by atoms with van der Waals surface area (Å²) in [5.41, 5.74) is -1.23. The van der Waals surface area contributed by atoms with E-state index in [-0.39, 0.29) is 41.7 Å². The Morgan fingerprint density at radius 2 is 1.74 bits per heavy atom. The molecule has 0 unspecified atom stereocenters. The molecule has 1 aliphatic heterocycles. The number of alkyl halides is 4. The van der Waals surface area contributed by atoms with Crippen LogP contribution in [-0.4, -0.2) is 48.2 Å². The first kappa shape index (κ1) is 29.4. The predicted molar refractivity (Wildman–Crippen MR) is 136 cm³/mol. The Morgan fingerprint density at radius 1 is 1.08 bits per heavy atom. The van der Waals surface area contributed by atoms with E-state index in [1.54, 1.807) is 20.8 Å². The Morgan fingerprint density at radius 3 is 2.31 bits per heavy atom. The first-order chi connectivity index (χ1) is 18.1. The topological polar surface area (TPSA) is 48.0 Å². The number of benzene rings is 2. The summed E-state index contributed by atoms with van der Waals surface area (Å²) in [4.78, 5) is 14.4. The van der Waals surface area contributed by atoms with Crippen LogP contribution in [0.4, 0.5) is 22.0 Å². The van der Waals surface area contributed by atoms with Gasteiger partial charge < -0.3 is 14.2 Å². The van der Waals surface area contributed by atoms with Crippen molar-refractivity contribution in [1.29, 1.82) is 0 Å². The summed E-state index contributed by atoms with van der Waals surface area (Å²) in [5, 5.41) is -0.161. The number of rotatable bonds is 8. The molecular weight excluding hydrogens is 545 g/mol. The molecule has 0 spiro atoms. The molecule has 1 saturated carbocycles. The molecule has 39 heavy (non-hydrogen) atoms. The van der Waals surface area contributed by atoms with Gasteiger partial charge in [0, 0.05) is 25.7 Å². The van der Waals surface area contributed by atoms with Crippen molar-refractivity contribution < 1.29 is 41.0 Å². The third-order valence-electron chi connectivity index (χ3n) is 6.60. The fourth-order valence-electron chi connectivity index (χ4n) is 4.47. The number of halogens is 6. The van der Waals surface area contributed by atoms with Gasteiger partial charge in [-0.05, 0) is 81.7 Å². The lowest BCUT2D eigenvalue weighted by molar-refractivity contribution is -0.274. The third kappa shape index (κ3) is 8.20. The van der Waals surface area contributed by atoms with Crippen molar-refractivity contribution in [3.63, 3.8) is 0 Å². The maximum absolute atomic E-state index is 15.6. The number of piperidine rings is 1. The maximum atomic E-state index is 15.6. The fraction of sp³-hybridized carbons (Fsp3) is 0.536. The summed E-state index contributed by atoms with van der Waals surface area (Å²) < 4.78 is 82.8. The van der Waals surface area contributed by atoms with Gasteiger partial charge in [-0.25, -0.2) is 13.6 Å². The highest BCUT2D eigenvalue weighted by Gasteiger charge is 2.37. The molecular formula is C28H31ClF5NO4. The van der Waals surface area contributed by atoms with Gasteiger partial charge in [0.1, 0.15) is 35.2 Å². The monoisotopic (exact) mass is 575 g/mol. The zero-order valence-electron chi connectivity index (χ0n) is 22.0. The molecule has 0 aromatic heterocycles. The van der Waals surface area contributed by atoms with Crippen LogP contribution in [0, 0.1) is 5.82 Å². The number of ether oxygens (including phenoxy) is 3. The second-order valence-electron chi connectivity index (χ2n) is 11.2. The van der Waals surface area contributed by atoms with Crippen LogP contribution in [0.5, 0.6) is 11.5 Å². The largest absolute Gasteiger partial charge is 0.573 e. The van der Waals surface area contributed by atoms with Gasteiger partial charge in [0.2, 0.25) is 0 Å². The van der Waals surface area contributed by atoms with Crippen molar-refractivity contribution in [3.05, 3.63) is 57.9 Å². The van der Waals surface area contributed by atoms with E-state index in [0.717, 1.165) is 25.0 Å². The molecule has 2 aliphatic rings. The molecule has 2 aromatic carbocycles. The van der Waals surface area contributed by atoms with Crippen molar-refractivity contribution in [3.8, 4) is 11.5 Å². The average Bonchev–Trinajstić information content (AvgIpc) is 3.65. The normalized spacial score (nSPS) is 18.1. The summed E-state index contributed by atoms with van der Waals surface area (Å²) in [6, 6.07) is 6.65. The number of nitrogens with zero attached hydrogens (tertiary/aromatic N) is 1. The van der Waals surface area contributed by atoms with E-state index in [9.17, 15) is 22.4 Å². The van der Waals surface area contributed by atoms with Crippen molar-refractivity contribution in [2.45, 2.75) is 76.5 Å². The lowest BCUT2D eigenvalue weighted by atomic mass is 9.93. The standard InChI is InChI=1S/C28H31ClF5NO4/c1-26(2,3)39-25(36)20-13-19(18-5-6-18)24(14-22(20)30)37-16-27(31)8-10-35(11-9-27)15-17-4-7-23(21(29)12-17)38-28(32,33)34/h4,7,12-14,18H,5-6,8-11,15-16H2,1-3H3. The highest BCUT2D eigenvalue weighted by atomic mass is 35.5. The van der Waals surface area contributed by atoms with Crippen LogP contribution in [0.3, 0.4) is 0 Å². The zero-order valence-corrected chi connectivity index (χ0v) is 22.7. The molecule has 0 N–H and O–H groups in total. The Kier molecular flexibility index (Phi) is 8.38. The Hall–Kier alpha value is -2.59. The van der Waals surface area contributed by atoms with Crippen molar-refractivity contribution in [1.82, 2.24) is 4.90 Å². The number of likely N-dealkylation sites (tertiary alicyclic amines) is 1. The molecule has 214 valence electrons. The van der Waals surface area contributed by atoms with Crippen molar-refractivity contribution in [2.24, 2.45) is 0 Å². The highest BCUT2D eigenvalue weighted by Crippen LogP contribution is 2.45. The van der Waals surface area contributed by atoms with Gasteiger partial charge in [-0.1, -0.05) is 17.7 Å². The maximum Gasteiger partial charge on any atom is 0.573 e. The molecule has 5 nitrogen and oxygen atoms in total. The van der Waals surface area contributed by atoms with Gasteiger partial charge in [-0.15, -0.1) is 13.2 Å². The van der Waals surface area contributed by atoms with Crippen molar-refractivity contribution >= 4 is 17.6 Å². The van der Waals surface area contributed by atoms with Crippen molar-refractivity contribution in [2.75, 3.05) is 19.7 Å². The van der Waals surface area contributed by atoms with Crippen LogP contribution in [-0.2, 0) is 11.3 Å². The fourth-order valence-corrected chi connectivity index (χ4v) is 4.71. The molecule has 2 aromatic rings. The second-order valence-corrected chi connectivity index (χ2v) is 11.6. The highest BCUT2D eigenvalue weighted by molar-refractivity contribution is 6.32. The lowest BCUT2D eigenvalue weighted by Crippen LogP contribution is -2.44. The first-order valence-corrected chi connectivity index (χ1v) is 13.1. The van der Waals surface area contributed by atoms with E-state index in [2.05, 4.69) is 4.74 Å². The minimum Gasteiger partial charge on any atom is -0.490 e. The van der Waals surface area contributed by atoms with E-state index in [1.807, 2.05) is 4.90 Å². The second kappa shape index (κ2) is 11.1. The minimum absolute atomic E-state index is 0.124. The van der Waals surface area contributed by atoms with Gasteiger partial charge in [-0.3, -0.25) is 4.90 Å². The molecule has 11 heteroatoms. The van der Waals surface area contributed by atoms with Crippen LogP contribution in [0.25, 0.3) is 0 Å². The van der Waals surface area contributed by atoms with Crippen LogP contribution in [0.2, 0.25) is 5.02 Å². The quantitative estimate of drug-likeness (QED) is 0.240. The first-order valence-electron chi connectivity index (χ1n) is 12.8. The van der Waals surface area contributed by atoms with Crippen LogP contribution in [0.1, 0.15) is 73.9 Å².